The van der Waals surface area contributed by atoms with Crippen molar-refractivity contribution in [2.45, 2.75) is 39.5 Å². The second-order valence-electron chi connectivity index (χ2n) is 7.30. The van der Waals surface area contributed by atoms with E-state index in [4.69, 9.17) is 9.47 Å². The van der Waals surface area contributed by atoms with Crippen molar-refractivity contribution in [3.05, 3.63) is 65.2 Å². The summed E-state index contributed by atoms with van der Waals surface area (Å²) in [4.78, 5) is 24.2. The zero-order valence-corrected chi connectivity index (χ0v) is 18.2. The Morgan fingerprint density at radius 1 is 1.13 bits per heavy atom. The van der Waals surface area contributed by atoms with E-state index in [1.165, 1.54) is 6.08 Å². The van der Waals surface area contributed by atoms with Crippen LogP contribution in [0.1, 0.15) is 50.7 Å². The fraction of sp³-hybridized carbons (Fsp3) is 0.320. The van der Waals surface area contributed by atoms with Crippen LogP contribution in [0.4, 0.5) is 0 Å². The maximum Gasteiger partial charge on any atom is 0.349 e. The number of rotatable bonds is 10. The molecule has 0 bridgehead atoms. The summed E-state index contributed by atoms with van der Waals surface area (Å²) in [6.45, 7) is 6.47. The first-order valence-corrected chi connectivity index (χ1v) is 10.4. The second kappa shape index (κ2) is 12.2. The first-order chi connectivity index (χ1) is 14.9. The predicted molar refractivity (Wildman–Crippen MR) is 120 cm³/mol. The van der Waals surface area contributed by atoms with Crippen LogP contribution in [0.25, 0.3) is 6.08 Å². The lowest BCUT2D eigenvalue weighted by Crippen LogP contribution is -2.25. The number of ether oxygens (including phenoxy) is 2. The highest BCUT2D eigenvalue weighted by Gasteiger charge is 2.11. The van der Waals surface area contributed by atoms with Gasteiger partial charge in [0.2, 0.25) is 0 Å². The van der Waals surface area contributed by atoms with Crippen molar-refractivity contribution in [3.8, 4) is 17.6 Å². The fourth-order valence-electron chi connectivity index (χ4n) is 2.81. The molecular formula is C25H28N2O4. The summed E-state index contributed by atoms with van der Waals surface area (Å²) in [5, 5.41) is 11.9. The van der Waals surface area contributed by atoms with Crippen molar-refractivity contribution in [3.63, 3.8) is 0 Å². The van der Waals surface area contributed by atoms with Gasteiger partial charge >= 0.3 is 5.97 Å². The molecular weight excluding hydrogens is 392 g/mol. The van der Waals surface area contributed by atoms with Crippen molar-refractivity contribution in [2.24, 2.45) is 0 Å². The molecule has 0 atom stereocenters. The molecule has 0 fully saturated rings. The highest BCUT2D eigenvalue weighted by atomic mass is 16.6. The number of carbonyl (C=O) groups excluding carboxylic acids is 2. The highest BCUT2D eigenvalue weighted by Crippen LogP contribution is 2.25. The summed E-state index contributed by atoms with van der Waals surface area (Å²) in [6, 6.07) is 16.1. The zero-order chi connectivity index (χ0) is 22.6. The van der Waals surface area contributed by atoms with Gasteiger partial charge in [0.25, 0.3) is 5.91 Å². The van der Waals surface area contributed by atoms with E-state index in [-0.39, 0.29) is 18.1 Å². The maximum absolute atomic E-state index is 12.1. The van der Waals surface area contributed by atoms with E-state index >= 15 is 0 Å². The lowest BCUT2D eigenvalue weighted by molar-refractivity contribution is -0.136. The molecule has 6 heteroatoms. The molecule has 0 aliphatic carbocycles. The van der Waals surface area contributed by atoms with Crippen LogP contribution in [0.5, 0.6) is 11.5 Å². The number of para-hydroxylation sites is 1. The molecule has 31 heavy (non-hydrogen) atoms. The molecule has 0 unspecified atom stereocenters. The standard InChI is InChI=1S/C25H28N2O4/c1-4-5-14-27-25(29)20(16-26)15-19-10-12-21(13-11-19)31-24(28)17-30-23-9-7-6-8-22(23)18(2)3/h6-13,15,18H,4-5,14,17H2,1-3H3,(H,27,29)/b20-15+. The SMILES string of the molecule is CCCCNC(=O)/C(C#N)=C/c1ccc(OC(=O)COc2ccccc2C(C)C)cc1. The van der Waals surface area contributed by atoms with Crippen molar-refractivity contribution in [1.82, 2.24) is 5.32 Å². The van der Waals surface area contributed by atoms with Gasteiger partial charge in [0.05, 0.1) is 0 Å². The van der Waals surface area contributed by atoms with Crippen LogP contribution in [0.2, 0.25) is 0 Å². The van der Waals surface area contributed by atoms with Crippen LogP contribution in [0.15, 0.2) is 54.1 Å². The van der Waals surface area contributed by atoms with E-state index in [9.17, 15) is 14.9 Å². The smallest absolute Gasteiger partial charge is 0.349 e. The van der Waals surface area contributed by atoms with E-state index < -0.39 is 11.9 Å². The van der Waals surface area contributed by atoms with Crippen LogP contribution in [-0.2, 0) is 9.59 Å². The van der Waals surface area contributed by atoms with Gasteiger partial charge in [-0.25, -0.2) is 4.79 Å². The van der Waals surface area contributed by atoms with E-state index in [0.717, 1.165) is 18.4 Å². The third-order valence-corrected chi connectivity index (χ3v) is 4.49. The molecule has 0 radical (unpaired) electrons. The quantitative estimate of drug-likeness (QED) is 0.199. The summed E-state index contributed by atoms with van der Waals surface area (Å²) in [6.07, 6.45) is 3.32. The van der Waals surface area contributed by atoms with Gasteiger partial charge in [-0.2, -0.15) is 5.26 Å². The van der Waals surface area contributed by atoms with Crippen LogP contribution < -0.4 is 14.8 Å². The molecule has 162 valence electrons. The average molecular weight is 421 g/mol. The molecule has 6 nitrogen and oxygen atoms in total. The molecule has 2 rings (SSSR count). The lowest BCUT2D eigenvalue weighted by Gasteiger charge is -2.13. The van der Waals surface area contributed by atoms with Crippen LogP contribution in [0.3, 0.4) is 0 Å². The summed E-state index contributed by atoms with van der Waals surface area (Å²) in [7, 11) is 0. The molecule has 2 aromatic carbocycles. The third kappa shape index (κ3) is 7.63. The minimum absolute atomic E-state index is 0.0260. The normalized spacial score (nSPS) is 11.0. The topological polar surface area (TPSA) is 88.4 Å². The van der Waals surface area contributed by atoms with Crippen molar-refractivity contribution in [1.29, 1.82) is 5.26 Å². The Morgan fingerprint density at radius 2 is 1.84 bits per heavy atom. The Morgan fingerprint density at radius 3 is 2.48 bits per heavy atom. The molecule has 2 aromatic rings. The van der Waals surface area contributed by atoms with Crippen molar-refractivity contribution < 1.29 is 19.1 Å². The molecule has 0 saturated heterocycles. The predicted octanol–water partition coefficient (Wildman–Crippen LogP) is 4.62. The van der Waals surface area contributed by atoms with Gasteiger partial charge in [-0.1, -0.05) is 57.5 Å². The Labute approximate surface area is 183 Å². The first-order valence-electron chi connectivity index (χ1n) is 10.4. The fourth-order valence-corrected chi connectivity index (χ4v) is 2.81. The number of nitriles is 1. The molecule has 0 saturated carbocycles. The van der Waals surface area contributed by atoms with Gasteiger partial charge in [-0.05, 0) is 47.7 Å². The third-order valence-electron chi connectivity index (χ3n) is 4.49. The molecule has 0 spiro atoms. The zero-order valence-electron chi connectivity index (χ0n) is 18.2. The monoisotopic (exact) mass is 420 g/mol. The van der Waals surface area contributed by atoms with Gasteiger partial charge in [0.15, 0.2) is 6.61 Å². The summed E-state index contributed by atoms with van der Waals surface area (Å²) >= 11 is 0. The van der Waals surface area contributed by atoms with E-state index in [1.54, 1.807) is 24.3 Å². The summed E-state index contributed by atoms with van der Waals surface area (Å²) in [5.74, 6) is 0.380. The minimum atomic E-state index is -0.519. The number of esters is 1. The van der Waals surface area contributed by atoms with Crippen LogP contribution in [0, 0.1) is 11.3 Å². The number of nitrogens with zero attached hydrogens (tertiary/aromatic N) is 1. The van der Waals surface area contributed by atoms with E-state index in [1.807, 2.05) is 37.3 Å². The largest absolute Gasteiger partial charge is 0.482 e. The first kappa shape index (κ1) is 23.7. The summed E-state index contributed by atoms with van der Waals surface area (Å²) in [5.41, 5.74) is 1.71. The molecule has 0 aliphatic heterocycles. The van der Waals surface area contributed by atoms with E-state index in [0.29, 0.717) is 23.6 Å². The molecule has 0 heterocycles. The average Bonchev–Trinajstić information content (AvgIpc) is 2.77. The Hall–Kier alpha value is -3.59. The van der Waals surface area contributed by atoms with Gasteiger partial charge < -0.3 is 14.8 Å². The number of benzene rings is 2. The highest BCUT2D eigenvalue weighted by molar-refractivity contribution is 6.01. The molecule has 0 aliphatic rings. The van der Waals surface area contributed by atoms with Gasteiger partial charge in [0.1, 0.15) is 23.1 Å². The van der Waals surface area contributed by atoms with Crippen LogP contribution in [-0.4, -0.2) is 25.0 Å². The van der Waals surface area contributed by atoms with Crippen molar-refractivity contribution >= 4 is 18.0 Å². The van der Waals surface area contributed by atoms with Gasteiger partial charge in [-0.3, -0.25) is 4.79 Å². The number of carbonyl (C=O) groups is 2. The van der Waals surface area contributed by atoms with Crippen molar-refractivity contribution in [2.75, 3.05) is 13.2 Å². The molecule has 0 aromatic heterocycles. The Kier molecular flexibility index (Phi) is 9.31. The molecule has 1 N–H and O–H groups in total. The van der Waals surface area contributed by atoms with Gasteiger partial charge in [-0.15, -0.1) is 0 Å². The van der Waals surface area contributed by atoms with Crippen LogP contribution >= 0.6 is 0 Å². The van der Waals surface area contributed by atoms with Gasteiger partial charge in [0, 0.05) is 6.54 Å². The van der Waals surface area contributed by atoms with E-state index in [2.05, 4.69) is 19.2 Å². The Balaban J connectivity index is 1.94. The number of hydrogen-bond acceptors (Lipinski definition) is 5. The Bertz CT molecular complexity index is 956. The maximum atomic E-state index is 12.1. The molecule has 1 amide bonds. The summed E-state index contributed by atoms with van der Waals surface area (Å²) < 4.78 is 10.9. The number of nitrogens with one attached hydrogen (secondary N) is 1. The second-order valence-corrected chi connectivity index (χ2v) is 7.30. The number of hydrogen-bond donors (Lipinski definition) is 1. The minimum Gasteiger partial charge on any atom is -0.482 e. The number of amides is 1. The lowest BCUT2D eigenvalue weighted by atomic mass is 10.0. The number of unbranched alkanes of at least 4 members (excludes halogenated alkanes) is 1.